The Morgan fingerprint density at radius 2 is 1.80 bits per heavy atom. The molecule has 0 fully saturated rings. The molecule has 0 bridgehead atoms. The lowest BCUT2D eigenvalue weighted by Gasteiger charge is -2.25. The van der Waals surface area contributed by atoms with Gasteiger partial charge in [-0.15, -0.1) is 11.6 Å². The van der Waals surface area contributed by atoms with Crippen LogP contribution >= 0.6 is 11.6 Å². The summed E-state index contributed by atoms with van der Waals surface area (Å²) >= 11 is 5.78. The summed E-state index contributed by atoms with van der Waals surface area (Å²) in [5.41, 5.74) is 1.73. The molecule has 0 saturated carbocycles. The van der Waals surface area contributed by atoms with Gasteiger partial charge in [-0.05, 0) is 30.4 Å². The summed E-state index contributed by atoms with van der Waals surface area (Å²) in [5, 5.41) is 0. The number of rotatable bonds is 7. The molecule has 1 aromatic carbocycles. The van der Waals surface area contributed by atoms with Crippen LogP contribution in [0.25, 0.3) is 0 Å². The van der Waals surface area contributed by atoms with Crippen LogP contribution in [0.4, 0.5) is 0 Å². The fourth-order valence-corrected chi connectivity index (χ4v) is 3.82. The first kappa shape index (κ1) is 17.5. The van der Waals surface area contributed by atoms with Crippen LogP contribution in [0.3, 0.4) is 0 Å². The molecule has 1 unspecified atom stereocenters. The number of sulfonamides is 1. The summed E-state index contributed by atoms with van der Waals surface area (Å²) in [6.07, 6.45) is 0.859. The molecule has 0 N–H and O–H groups in total. The van der Waals surface area contributed by atoms with Crippen LogP contribution in [0, 0.1) is 5.92 Å². The van der Waals surface area contributed by atoms with Crippen molar-refractivity contribution in [2.24, 2.45) is 5.92 Å². The van der Waals surface area contributed by atoms with Crippen LogP contribution in [0.2, 0.25) is 0 Å². The lowest BCUT2D eigenvalue weighted by atomic mass is 10.1. The number of hydrogen-bond donors (Lipinski definition) is 0. The Bertz CT molecular complexity index is 528. The predicted octanol–water partition coefficient (Wildman–Crippen LogP) is 3.62. The zero-order chi connectivity index (χ0) is 15.3. The molecule has 1 atom stereocenters. The minimum atomic E-state index is -3.29. The van der Waals surface area contributed by atoms with Gasteiger partial charge >= 0.3 is 0 Å². The van der Waals surface area contributed by atoms with Gasteiger partial charge in [0, 0.05) is 19.0 Å². The summed E-state index contributed by atoms with van der Waals surface area (Å²) < 4.78 is 26.3. The maximum absolute atomic E-state index is 12.4. The molecule has 0 aliphatic heterocycles. The largest absolute Gasteiger partial charge is 0.218 e. The summed E-state index contributed by atoms with van der Waals surface area (Å²) in [4.78, 5) is 0. The van der Waals surface area contributed by atoms with Crippen LogP contribution in [-0.2, 0) is 21.7 Å². The van der Waals surface area contributed by atoms with Crippen molar-refractivity contribution >= 4 is 21.6 Å². The highest BCUT2D eigenvalue weighted by molar-refractivity contribution is 7.88. The molecule has 0 amide bonds. The lowest BCUT2D eigenvalue weighted by Crippen LogP contribution is -2.36. The lowest BCUT2D eigenvalue weighted by molar-refractivity contribution is 0.337. The van der Waals surface area contributed by atoms with E-state index in [1.807, 2.05) is 31.2 Å². The van der Waals surface area contributed by atoms with E-state index < -0.39 is 10.0 Å². The average Bonchev–Trinajstić information content (AvgIpc) is 2.36. The van der Waals surface area contributed by atoms with E-state index >= 15 is 0 Å². The van der Waals surface area contributed by atoms with Crippen molar-refractivity contribution in [2.75, 3.05) is 7.05 Å². The number of alkyl halides is 1. The minimum Gasteiger partial charge on any atom is -0.212 e. The highest BCUT2D eigenvalue weighted by Gasteiger charge is 2.24. The van der Waals surface area contributed by atoms with Gasteiger partial charge < -0.3 is 0 Å². The van der Waals surface area contributed by atoms with Crippen LogP contribution in [-0.4, -0.2) is 25.8 Å². The van der Waals surface area contributed by atoms with Gasteiger partial charge in [-0.1, -0.05) is 38.1 Å². The van der Waals surface area contributed by atoms with Gasteiger partial charge in [0.25, 0.3) is 0 Å². The minimum absolute atomic E-state index is 0.0104. The molecule has 3 nitrogen and oxygen atoms in total. The number of halogens is 1. The Labute approximate surface area is 128 Å². The van der Waals surface area contributed by atoms with E-state index in [4.69, 9.17) is 11.6 Å². The summed E-state index contributed by atoms with van der Waals surface area (Å²) in [6, 6.07) is 7.44. The number of benzene rings is 1. The van der Waals surface area contributed by atoms with Crippen LogP contribution in [0.15, 0.2) is 24.3 Å². The Morgan fingerprint density at radius 1 is 1.20 bits per heavy atom. The fraction of sp³-hybridized carbons (Fsp3) is 0.600. The van der Waals surface area contributed by atoms with Gasteiger partial charge in [0.15, 0.2) is 0 Å². The molecule has 0 heterocycles. The molecule has 0 radical (unpaired) electrons. The maximum atomic E-state index is 12.4. The quantitative estimate of drug-likeness (QED) is 0.720. The molecule has 0 saturated heterocycles. The standard InChI is InChI=1S/C15H24ClNO2S/c1-12(2)8-13(3)17(4)20(18,19)11-15-7-5-6-14(9-15)10-16/h5-7,9,12-13H,8,10-11H2,1-4H3. The highest BCUT2D eigenvalue weighted by Crippen LogP contribution is 2.17. The molecule has 0 aromatic heterocycles. The second-order valence-electron chi connectivity index (χ2n) is 5.70. The molecular weight excluding hydrogens is 294 g/mol. The van der Waals surface area contributed by atoms with E-state index in [1.165, 1.54) is 4.31 Å². The molecule has 1 aromatic rings. The summed E-state index contributed by atoms with van der Waals surface area (Å²) in [7, 11) is -1.63. The molecule has 20 heavy (non-hydrogen) atoms. The molecule has 5 heteroatoms. The Kier molecular flexibility index (Phi) is 6.49. The van der Waals surface area contributed by atoms with Gasteiger partial charge in [0.2, 0.25) is 10.0 Å². The van der Waals surface area contributed by atoms with Crippen molar-refractivity contribution in [3.8, 4) is 0 Å². The average molecular weight is 318 g/mol. The third kappa shape index (κ3) is 5.08. The SMILES string of the molecule is CC(C)CC(C)N(C)S(=O)(=O)Cc1cccc(CCl)c1. The third-order valence-corrected chi connectivity index (χ3v) is 5.61. The predicted molar refractivity (Wildman–Crippen MR) is 85.3 cm³/mol. The van der Waals surface area contributed by atoms with Crippen LogP contribution < -0.4 is 0 Å². The Hall–Kier alpha value is -0.580. The van der Waals surface area contributed by atoms with E-state index in [1.54, 1.807) is 7.05 Å². The first-order valence-corrected chi connectivity index (χ1v) is 9.00. The molecule has 0 spiro atoms. The first-order valence-electron chi connectivity index (χ1n) is 6.85. The first-order chi connectivity index (χ1) is 9.26. The topological polar surface area (TPSA) is 37.4 Å². The van der Waals surface area contributed by atoms with Gasteiger partial charge in [-0.2, -0.15) is 0 Å². The zero-order valence-corrected chi connectivity index (χ0v) is 14.2. The Morgan fingerprint density at radius 3 is 2.35 bits per heavy atom. The zero-order valence-electron chi connectivity index (χ0n) is 12.6. The second kappa shape index (κ2) is 7.43. The van der Waals surface area contributed by atoms with Gasteiger partial charge in [-0.25, -0.2) is 12.7 Å². The molecule has 0 aliphatic rings. The van der Waals surface area contributed by atoms with Gasteiger partial charge in [0.05, 0.1) is 5.75 Å². The maximum Gasteiger partial charge on any atom is 0.218 e. The van der Waals surface area contributed by atoms with Crippen LogP contribution in [0.1, 0.15) is 38.3 Å². The highest BCUT2D eigenvalue weighted by atomic mass is 35.5. The fourth-order valence-electron chi connectivity index (χ4n) is 2.22. The van der Waals surface area contributed by atoms with Gasteiger partial charge in [-0.3, -0.25) is 0 Å². The van der Waals surface area contributed by atoms with E-state index in [2.05, 4.69) is 13.8 Å². The van der Waals surface area contributed by atoms with E-state index in [-0.39, 0.29) is 11.8 Å². The van der Waals surface area contributed by atoms with Crippen molar-refractivity contribution in [2.45, 2.75) is 44.9 Å². The molecule has 1 rings (SSSR count). The van der Waals surface area contributed by atoms with Crippen molar-refractivity contribution in [1.82, 2.24) is 4.31 Å². The van der Waals surface area contributed by atoms with Crippen molar-refractivity contribution in [3.05, 3.63) is 35.4 Å². The number of hydrogen-bond acceptors (Lipinski definition) is 2. The number of nitrogens with zero attached hydrogens (tertiary/aromatic N) is 1. The molecule has 114 valence electrons. The van der Waals surface area contributed by atoms with Crippen molar-refractivity contribution in [1.29, 1.82) is 0 Å². The smallest absolute Gasteiger partial charge is 0.212 e. The monoisotopic (exact) mass is 317 g/mol. The van der Waals surface area contributed by atoms with Crippen molar-refractivity contribution < 1.29 is 8.42 Å². The molecular formula is C15H24ClNO2S. The Balaban J connectivity index is 2.83. The van der Waals surface area contributed by atoms with E-state index in [9.17, 15) is 8.42 Å². The van der Waals surface area contributed by atoms with E-state index in [0.29, 0.717) is 11.8 Å². The second-order valence-corrected chi connectivity index (χ2v) is 8.00. The summed E-state index contributed by atoms with van der Waals surface area (Å²) in [6.45, 7) is 6.15. The van der Waals surface area contributed by atoms with Gasteiger partial charge in [0.1, 0.15) is 0 Å². The molecule has 0 aliphatic carbocycles. The summed E-state index contributed by atoms with van der Waals surface area (Å²) in [5.74, 6) is 0.895. The normalized spacial score (nSPS) is 13.9. The van der Waals surface area contributed by atoms with E-state index in [0.717, 1.165) is 17.5 Å². The van der Waals surface area contributed by atoms with Crippen LogP contribution in [0.5, 0.6) is 0 Å². The third-order valence-electron chi connectivity index (χ3n) is 3.37. The van der Waals surface area contributed by atoms with Crippen molar-refractivity contribution in [3.63, 3.8) is 0 Å².